The standard InChI is InChI=1S/C15H9BrF2O3/c16-9-6-10(17)8-11(7-9)21-14-3-1-2-13(18)12(14)4-5-15(19)20/h1-8H,(H,19,20)/b5-4+. The van der Waals surface area contributed by atoms with Crippen molar-refractivity contribution in [1.82, 2.24) is 0 Å². The van der Waals surface area contributed by atoms with E-state index in [2.05, 4.69) is 15.9 Å². The monoisotopic (exact) mass is 354 g/mol. The summed E-state index contributed by atoms with van der Waals surface area (Å²) in [5.74, 6) is -2.11. The van der Waals surface area contributed by atoms with Gasteiger partial charge in [-0.15, -0.1) is 0 Å². The van der Waals surface area contributed by atoms with Gasteiger partial charge in [-0.1, -0.05) is 22.0 Å². The second-order valence-electron chi connectivity index (χ2n) is 4.03. The fourth-order valence-electron chi connectivity index (χ4n) is 1.64. The Balaban J connectivity index is 2.39. The highest BCUT2D eigenvalue weighted by Crippen LogP contribution is 2.30. The molecule has 2 rings (SSSR count). The number of rotatable bonds is 4. The molecule has 0 amide bonds. The van der Waals surface area contributed by atoms with Gasteiger partial charge in [0.05, 0.1) is 5.56 Å². The van der Waals surface area contributed by atoms with Gasteiger partial charge in [0.15, 0.2) is 0 Å². The molecule has 6 heteroatoms. The van der Waals surface area contributed by atoms with E-state index < -0.39 is 17.6 Å². The first-order valence-electron chi connectivity index (χ1n) is 5.79. The van der Waals surface area contributed by atoms with E-state index in [-0.39, 0.29) is 17.1 Å². The highest BCUT2D eigenvalue weighted by atomic mass is 79.9. The SMILES string of the molecule is O=C(O)/C=C/c1c(F)cccc1Oc1cc(F)cc(Br)c1. The third-order valence-corrected chi connectivity index (χ3v) is 2.93. The van der Waals surface area contributed by atoms with Crippen molar-refractivity contribution in [2.45, 2.75) is 0 Å². The fourth-order valence-corrected chi connectivity index (χ4v) is 2.08. The fraction of sp³-hybridized carbons (Fsp3) is 0. The summed E-state index contributed by atoms with van der Waals surface area (Å²) < 4.78 is 32.9. The molecule has 0 fully saturated rings. The Labute approximate surface area is 127 Å². The van der Waals surface area contributed by atoms with Gasteiger partial charge in [0.2, 0.25) is 0 Å². The molecule has 3 nitrogen and oxygen atoms in total. The number of carbonyl (C=O) groups is 1. The van der Waals surface area contributed by atoms with Crippen LogP contribution in [-0.4, -0.2) is 11.1 Å². The quantitative estimate of drug-likeness (QED) is 0.815. The van der Waals surface area contributed by atoms with Crippen LogP contribution in [0.3, 0.4) is 0 Å². The van der Waals surface area contributed by atoms with Crippen LogP contribution in [0.4, 0.5) is 8.78 Å². The molecule has 0 aromatic heterocycles. The Kier molecular flexibility index (Phi) is 4.70. The van der Waals surface area contributed by atoms with Crippen molar-refractivity contribution in [3.8, 4) is 11.5 Å². The summed E-state index contributed by atoms with van der Waals surface area (Å²) in [4.78, 5) is 10.5. The zero-order valence-electron chi connectivity index (χ0n) is 10.5. The van der Waals surface area contributed by atoms with Gasteiger partial charge < -0.3 is 9.84 Å². The first-order valence-corrected chi connectivity index (χ1v) is 6.58. The molecule has 0 bridgehead atoms. The summed E-state index contributed by atoms with van der Waals surface area (Å²) in [6.45, 7) is 0. The zero-order valence-corrected chi connectivity index (χ0v) is 12.1. The lowest BCUT2D eigenvalue weighted by Gasteiger charge is -2.10. The number of benzene rings is 2. The number of ether oxygens (including phenoxy) is 1. The molecule has 0 aliphatic rings. The van der Waals surface area contributed by atoms with Crippen LogP contribution in [0.1, 0.15) is 5.56 Å². The summed E-state index contributed by atoms with van der Waals surface area (Å²) in [7, 11) is 0. The summed E-state index contributed by atoms with van der Waals surface area (Å²) in [5, 5.41) is 8.61. The molecule has 2 aromatic carbocycles. The highest BCUT2D eigenvalue weighted by Gasteiger charge is 2.09. The Morgan fingerprint density at radius 1 is 1.24 bits per heavy atom. The Hall–Kier alpha value is -2.21. The predicted molar refractivity (Wildman–Crippen MR) is 77.2 cm³/mol. The van der Waals surface area contributed by atoms with Crippen LogP contribution in [0.5, 0.6) is 11.5 Å². The van der Waals surface area contributed by atoms with Crippen LogP contribution in [0.2, 0.25) is 0 Å². The molecule has 1 N–H and O–H groups in total. The van der Waals surface area contributed by atoms with Crippen LogP contribution in [-0.2, 0) is 4.79 Å². The second kappa shape index (κ2) is 6.49. The van der Waals surface area contributed by atoms with Crippen molar-refractivity contribution in [2.24, 2.45) is 0 Å². The van der Waals surface area contributed by atoms with Crippen LogP contribution in [0.25, 0.3) is 6.08 Å². The summed E-state index contributed by atoms with van der Waals surface area (Å²) in [5.41, 5.74) is -0.0275. The molecule has 0 aliphatic heterocycles. The summed E-state index contributed by atoms with van der Waals surface area (Å²) >= 11 is 3.12. The maximum Gasteiger partial charge on any atom is 0.328 e. The van der Waals surface area contributed by atoms with E-state index in [1.807, 2.05) is 0 Å². The van der Waals surface area contributed by atoms with Gasteiger partial charge in [0.25, 0.3) is 0 Å². The normalized spacial score (nSPS) is 10.8. The van der Waals surface area contributed by atoms with Crippen molar-refractivity contribution in [3.05, 3.63) is 64.1 Å². The van der Waals surface area contributed by atoms with Gasteiger partial charge in [-0.05, 0) is 30.3 Å². The molecule has 0 saturated carbocycles. The molecule has 0 radical (unpaired) electrons. The first kappa shape index (κ1) is 15.2. The summed E-state index contributed by atoms with van der Waals surface area (Å²) in [6.07, 6.45) is 1.88. The van der Waals surface area contributed by atoms with Gasteiger partial charge in [-0.3, -0.25) is 0 Å². The molecule has 0 unspecified atom stereocenters. The number of carboxylic acids is 1. The van der Waals surface area contributed by atoms with E-state index in [1.165, 1.54) is 30.3 Å². The smallest absolute Gasteiger partial charge is 0.328 e. The average molecular weight is 355 g/mol. The van der Waals surface area contributed by atoms with E-state index in [1.54, 1.807) is 0 Å². The maximum atomic E-state index is 13.8. The molecule has 108 valence electrons. The lowest BCUT2D eigenvalue weighted by atomic mass is 10.1. The Morgan fingerprint density at radius 2 is 2.00 bits per heavy atom. The molecule has 0 aliphatic carbocycles. The van der Waals surface area contributed by atoms with Crippen molar-refractivity contribution >= 4 is 28.0 Å². The second-order valence-corrected chi connectivity index (χ2v) is 4.95. The molecule has 2 aromatic rings. The van der Waals surface area contributed by atoms with Crippen molar-refractivity contribution in [1.29, 1.82) is 0 Å². The molecular formula is C15H9BrF2O3. The number of hydrogen-bond acceptors (Lipinski definition) is 2. The molecule has 21 heavy (non-hydrogen) atoms. The van der Waals surface area contributed by atoms with Crippen LogP contribution in [0, 0.1) is 11.6 Å². The van der Waals surface area contributed by atoms with Crippen molar-refractivity contribution < 1.29 is 23.4 Å². The number of aliphatic carboxylic acids is 1. The van der Waals surface area contributed by atoms with Crippen LogP contribution >= 0.6 is 15.9 Å². The predicted octanol–water partition coefficient (Wildman–Crippen LogP) is 4.62. The van der Waals surface area contributed by atoms with E-state index in [0.717, 1.165) is 18.2 Å². The van der Waals surface area contributed by atoms with Gasteiger partial charge in [-0.2, -0.15) is 0 Å². The van der Waals surface area contributed by atoms with E-state index >= 15 is 0 Å². The van der Waals surface area contributed by atoms with Gasteiger partial charge in [0.1, 0.15) is 23.1 Å². The minimum absolute atomic E-state index is 0.0275. The van der Waals surface area contributed by atoms with E-state index in [4.69, 9.17) is 9.84 Å². The molecule has 0 atom stereocenters. The van der Waals surface area contributed by atoms with E-state index in [9.17, 15) is 13.6 Å². The Bertz CT molecular complexity index is 694. The van der Waals surface area contributed by atoms with Gasteiger partial charge >= 0.3 is 5.97 Å². The van der Waals surface area contributed by atoms with Gasteiger partial charge in [0, 0.05) is 16.6 Å². The summed E-state index contributed by atoms with van der Waals surface area (Å²) in [6, 6.07) is 7.96. The highest BCUT2D eigenvalue weighted by molar-refractivity contribution is 9.10. The maximum absolute atomic E-state index is 13.8. The van der Waals surface area contributed by atoms with Crippen molar-refractivity contribution in [2.75, 3.05) is 0 Å². The first-order chi connectivity index (χ1) is 9.95. The number of carboxylic acid groups (broad SMARTS) is 1. The lowest BCUT2D eigenvalue weighted by molar-refractivity contribution is -0.131. The molecule has 0 heterocycles. The van der Waals surface area contributed by atoms with Crippen LogP contribution < -0.4 is 4.74 Å². The van der Waals surface area contributed by atoms with Crippen molar-refractivity contribution in [3.63, 3.8) is 0 Å². The minimum Gasteiger partial charge on any atom is -0.478 e. The topological polar surface area (TPSA) is 46.5 Å². The van der Waals surface area contributed by atoms with Crippen LogP contribution in [0.15, 0.2) is 46.9 Å². The molecular weight excluding hydrogens is 346 g/mol. The lowest BCUT2D eigenvalue weighted by Crippen LogP contribution is -1.93. The van der Waals surface area contributed by atoms with E-state index in [0.29, 0.717) is 4.47 Å². The Morgan fingerprint density at radius 3 is 2.67 bits per heavy atom. The third kappa shape index (κ3) is 4.13. The zero-order chi connectivity index (χ0) is 15.4. The third-order valence-electron chi connectivity index (χ3n) is 2.47. The van der Waals surface area contributed by atoms with Gasteiger partial charge in [-0.25, -0.2) is 13.6 Å². The number of hydrogen-bond donors (Lipinski definition) is 1. The molecule has 0 spiro atoms. The number of halogens is 3. The average Bonchev–Trinajstić information content (AvgIpc) is 2.36. The largest absolute Gasteiger partial charge is 0.478 e. The molecule has 0 saturated heterocycles. The minimum atomic E-state index is -1.21.